The number of rotatable bonds is 4. The molecule has 3 aliphatic rings. The van der Waals surface area contributed by atoms with Crippen LogP contribution in [0.25, 0.3) is 27.6 Å². The molecule has 5 heteroatoms. The largest absolute Gasteiger partial charge is 0.457 e. The maximum Gasteiger partial charge on any atom is 0.132 e. The Balaban J connectivity index is 1.17. The zero-order chi connectivity index (χ0) is 34.6. The second-order valence-electron chi connectivity index (χ2n) is 13.2. The molecule has 0 fully saturated rings. The summed E-state index contributed by atoms with van der Waals surface area (Å²) in [6, 6.07) is 60.4. The fourth-order valence-corrected chi connectivity index (χ4v) is 8.14. The predicted molar refractivity (Wildman–Crippen MR) is 206 cm³/mol. The van der Waals surface area contributed by atoms with Crippen LogP contribution in [-0.2, 0) is 5.41 Å². The highest BCUT2D eigenvalue weighted by Gasteiger charge is 2.51. The van der Waals surface area contributed by atoms with Gasteiger partial charge in [-0.05, 0) is 80.4 Å². The van der Waals surface area contributed by atoms with E-state index in [0.29, 0.717) is 17.2 Å². The SMILES string of the molecule is N#Cc1ccc(-c2cccc(C3=NC(c4ccccc4)=NC(c4cccc5c4-c4ccccc4C54c5ccccc5Oc5ccccc54)[N-]3)c2)cc1. The molecule has 0 saturated carbocycles. The van der Waals surface area contributed by atoms with E-state index in [0.717, 1.165) is 61.6 Å². The van der Waals surface area contributed by atoms with Gasteiger partial charge in [0.1, 0.15) is 11.5 Å². The first-order chi connectivity index (χ1) is 25.7. The number of amidine groups is 2. The lowest BCUT2D eigenvalue weighted by Crippen LogP contribution is -2.32. The lowest BCUT2D eigenvalue weighted by atomic mass is 9.66. The summed E-state index contributed by atoms with van der Waals surface area (Å²) in [5.74, 6) is 2.98. The van der Waals surface area contributed by atoms with Crippen molar-refractivity contribution in [2.24, 2.45) is 9.98 Å². The van der Waals surface area contributed by atoms with E-state index in [4.69, 9.17) is 20.0 Å². The third-order valence-corrected chi connectivity index (χ3v) is 10.4. The quantitative estimate of drug-likeness (QED) is 0.188. The third-order valence-electron chi connectivity index (χ3n) is 10.4. The lowest BCUT2D eigenvalue weighted by molar-refractivity contribution is 0.436. The molecule has 2 aliphatic heterocycles. The van der Waals surface area contributed by atoms with Crippen LogP contribution in [0.3, 0.4) is 0 Å². The van der Waals surface area contributed by atoms with Crippen molar-refractivity contribution in [3.63, 3.8) is 0 Å². The van der Waals surface area contributed by atoms with Gasteiger partial charge in [-0.25, -0.2) is 0 Å². The predicted octanol–water partition coefficient (Wildman–Crippen LogP) is 11.0. The molecule has 244 valence electrons. The van der Waals surface area contributed by atoms with Crippen molar-refractivity contribution < 1.29 is 4.74 Å². The zero-order valence-electron chi connectivity index (χ0n) is 27.9. The van der Waals surface area contributed by atoms with Crippen LogP contribution < -0.4 is 4.74 Å². The van der Waals surface area contributed by atoms with Crippen molar-refractivity contribution in [1.82, 2.24) is 0 Å². The van der Waals surface area contributed by atoms with Crippen LogP contribution in [0.1, 0.15) is 50.7 Å². The minimum absolute atomic E-state index is 0.551. The van der Waals surface area contributed by atoms with Crippen LogP contribution in [0.15, 0.2) is 180 Å². The van der Waals surface area contributed by atoms with Gasteiger partial charge >= 0.3 is 0 Å². The third kappa shape index (κ3) is 4.48. The Hall–Kier alpha value is -7.03. The number of benzene rings is 7. The van der Waals surface area contributed by atoms with Gasteiger partial charge in [-0.2, -0.15) is 5.26 Å². The van der Waals surface area contributed by atoms with Crippen LogP contribution in [0, 0.1) is 11.3 Å². The van der Waals surface area contributed by atoms with E-state index in [-0.39, 0.29) is 0 Å². The lowest BCUT2D eigenvalue weighted by Gasteiger charge is -2.39. The summed E-state index contributed by atoms with van der Waals surface area (Å²) in [6.45, 7) is 0. The number of aliphatic imine (C=N–C) groups is 2. The van der Waals surface area contributed by atoms with Gasteiger partial charge in [-0.15, -0.1) is 0 Å². The van der Waals surface area contributed by atoms with Crippen molar-refractivity contribution >= 4 is 11.7 Å². The van der Waals surface area contributed by atoms with Crippen LogP contribution in [-0.4, -0.2) is 11.7 Å². The molecule has 10 rings (SSSR count). The van der Waals surface area contributed by atoms with Gasteiger partial charge in [-0.3, -0.25) is 4.99 Å². The van der Waals surface area contributed by atoms with Gasteiger partial charge in [-0.1, -0.05) is 145 Å². The second kappa shape index (κ2) is 11.8. The van der Waals surface area contributed by atoms with Crippen LogP contribution >= 0.6 is 0 Å². The van der Waals surface area contributed by atoms with E-state index in [1.165, 1.54) is 11.1 Å². The summed E-state index contributed by atoms with van der Waals surface area (Å²) in [5.41, 5.74) is 11.9. The average Bonchev–Trinajstić information content (AvgIpc) is 3.52. The van der Waals surface area contributed by atoms with E-state index in [9.17, 15) is 5.26 Å². The molecule has 0 N–H and O–H groups in total. The number of nitrogens with zero attached hydrogens (tertiary/aromatic N) is 4. The summed E-state index contributed by atoms with van der Waals surface area (Å²) < 4.78 is 6.55. The minimum atomic E-state index is -0.583. The van der Waals surface area contributed by atoms with Crippen molar-refractivity contribution in [2.45, 2.75) is 11.6 Å². The summed E-state index contributed by atoms with van der Waals surface area (Å²) >= 11 is 0. The van der Waals surface area contributed by atoms with E-state index >= 15 is 0 Å². The highest BCUT2D eigenvalue weighted by molar-refractivity contribution is 6.19. The van der Waals surface area contributed by atoms with Gasteiger partial charge < -0.3 is 15.0 Å². The second-order valence-corrected chi connectivity index (χ2v) is 13.2. The first-order valence-electron chi connectivity index (χ1n) is 17.4. The monoisotopic (exact) mass is 665 g/mol. The molecule has 0 radical (unpaired) electrons. The fraction of sp³-hybridized carbons (Fsp3) is 0.0426. The molecule has 0 saturated heterocycles. The number of fused-ring (bicyclic) bond motifs is 9. The van der Waals surface area contributed by atoms with Crippen LogP contribution in [0.2, 0.25) is 0 Å². The molecule has 1 atom stereocenters. The number of ether oxygens (including phenoxy) is 1. The van der Waals surface area contributed by atoms with Crippen molar-refractivity contribution in [3.05, 3.63) is 220 Å². The van der Waals surface area contributed by atoms with E-state index < -0.39 is 11.6 Å². The highest BCUT2D eigenvalue weighted by atomic mass is 16.5. The molecule has 7 aromatic carbocycles. The molecule has 0 amide bonds. The Morgan fingerprint density at radius 2 is 1.17 bits per heavy atom. The van der Waals surface area contributed by atoms with Gasteiger partial charge in [0.25, 0.3) is 0 Å². The standard InChI is InChI=1S/C47H29N4O/c48-29-30-24-26-31(27-25-30)33-14-10-15-34(28-33)45-49-44(32-12-2-1-3-13-32)50-46(51-45)36-17-11-21-40-43(36)35-16-4-5-18-37(35)47(40)38-19-6-8-22-41(38)52-42-23-9-7-20-39(42)47/h1-28,46H/q-1. The Bertz CT molecular complexity index is 2610. The van der Waals surface area contributed by atoms with Gasteiger partial charge in [0.15, 0.2) is 0 Å². The molecule has 52 heavy (non-hydrogen) atoms. The highest BCUT2D eigenvalue weighted by Crippen LogP contribution is 2.63. The minimum Gasteiger partial charge on any atom is -0.457 e. The first-order valence-corrected chi connectivity index (χ1v) is 17.4. The summed E-state index contributed by atoms with van der Waals surface area (Å²) in [7, 11) is 0. The molecule has 1 unspecified atom stereocenters. The normalized spacial score (nSPS) is 15.8. The molecule has 7 aromatic rings. The van der Waals surface area contributed by atoms with Gasteiger partial charge in [0.05, 0.1) is 29.0 Å². The zero-order valence-corrected chi connectivity index (χ0v) is 27.9. The molecular weight excluding hydrogens is 637 g/mol. The fourth-order valence-electron chi connectivity index (χ4n) is 8.14. The van der Waals surface area contributed by atoms with E-state index in [1.54, 1.807) is 0 Å². The molecule has 0 aromatic heterocycles. The Kier molecular flexibility index (Phi) is 6.77. The van der Waals surface area contributed by atoms with Crippen LogP contribution in [0.5, 0.6) is 11.5 Å². The topological polar surface area (TPSA) is 71.8 Å². The number of hydrogen-bond donors (Lipinski definition) is 0. The first kappa shape index (κ1) is 29.8. The molecule has 5 nitrogen and oxygen atoms in total. The van der Waals surface area contributed by atoms with E-state index in [2.05, 4.69) is 103 Å². The Labute approximate surface area is 301 Å². The van der Waals surface area contributed by atoms with Gasteiger partial charge in [0.2, 0.25) is 0 Å². The maximum atomic E-state index is 9.33. The van der Waals surface area contributed by atoms with Crippen LogP contribution in [0.4, 0.5) is 0 Å². The molecule has 0 bridgehead atoms. The number of nitriles is 1. The summed E-state index contributed by atoms with van der Waals surface area (Å²) in [4.78, 5) is 10.4. The summed E-state index contributed by atoms with van der Waals surface area (Å²) in [6.07, 6.45) is -0.551. The van der Waals surface area contributed by atoms with E-state index in [1.807, 2.05) is 72.8 Å². The Morgan fingerprint density at radius 1 is 0.558 bits per heavy atom. The van der Waals surface area contributed by atoms with Gasteiger partial charge in [0, 0.05) is 11.1 Å². The maximum absolute atomic E-state index is 9.33. The summed E-state index contributed by atoms with van der Waals surface area (Å²) in [5, 5.41) is 14.7. The van der Waals surface area contributed by atoms with Crippen molar-refractivity contribution in [1.29, 1.82) is 5.26 Å². The number of para-hydroxylation sites is 2. The van der Waals surface area contributed by atoms with Crippen molar-refractivity contribution in [2.75, 3.05) is 0 Å². The molecule has 1 spiro atoms. The Morgan fingerprint density at radius 3 is 1.92 bits per heavy atom. The van der Waals surface area contributed by atoms with Crippen molar-refractivity contribution in [3.8, 4) is 39.8 Å². The average molecular weight is 666 g/mol. The molecule has 1 aliphatic carbocycles. The number of hydrogen-bond acceptors (Lipinski definition) is 4. The molecular formula is C47H29N4O-. The molecule has 2 heterocycles. The smallest absolute Gasteiger partial charge is 0.132 e.